The van der Waals surface area contributed by atoms with Crippen molar-refractivity contribution in [1.29, 1.82) is 0 Å². The van der Waals surface area contributed by atoms with Crippen molar-refractivity contribution in [2.24, 2.45) is 0 Å². The Kier molecular flexibility index (Phi) is 3.75. The monoisotopic (exact) mass is 261 g/mol. The number of rotatable bonds is 4. The summed E-state index contributed by atoms with van der Waals surface area (Å²) in [5.74, 6) is 0.543. The molecule has 19 heavy (non-hydrogen) atoms. The van der Waals surface area contributed by atoms with E-state index in [-0.39, 0.29) is 18.1 Å². The molecule has 0 aliphatic heterocycles. The van der Waals surface area contributed by atoms with Crippen molar-refractivity contribution in [2.75, 3.05) is 7.11 Å². The molecule has 0 saturated heterocycles. The highest BCUT2D eigenvalue weighted by Crippen LogP contribution is 2.16. The average Bonchev–Trinajstić information content (AvgIpc) is 2.44. The molecule has 5 heteroatoms. The van der Waals surface area contributed by atoms with Crippen LogP contribution in [0.25, 0.3) is 0 Å². The first-order valence-corrected chi connectivity index (χ1v) is 5.79. The summed E-state index contributed by atoms with van der Waals surface area (Å²) < 4.78 is 10.5. The molecule has 0 spiro atoms. The number of hydrogen-bond donors (Lipinski definition) is 2. The van der Waals surface area contributed by atoms with Crippen molar-refractivity contribution >= 4 is 0 Å². The molecule has 5 nitrogen and oxygen atoms in total. The van der Waals surface area contributed by atoms with Crippen LogP contribution in [0.1, 0.15) is 11.3 Å². The number of aromatic amines is 1. The molecule has 0 bridgehead atoms. The van der Waals surface area contributed by atoms with Gasteiger partial charge in [-0.1, -0.05) is 12.1 Å². The van der Waals surface area contributed by atoms with E-state index in [0.29, 0.717) is 5.69 Å². The molecule has 0 amide bonds. The van der Waals surface area contributed by atoms with Gasteiger partial charge >= 0.3 is 0 Å². The summed E-state index contributed by atoms with van der Waals surface area (Å²) in [6, 6.07) is 7.34. The van der Waals surface area contributed by atoms with Crippen molar-refractivity contribution in [3.63, 3.8) is 0 Å². The molecule has 1 aromatic carbocycles. The van der Waals surface area contributed by atoms with Gasteiger partial charge in [0.25, 0.3) is 5.43 Å². The molecule has 2 rings (SSSR count). The number of methoxy groups -OCH3 is 1. The van der Waals surface area contributed by atoms with E-state index >= 15 is 0 Å². The standard InChI is InChI=1S/C14H15NO4/c1-9-14(13(17)12(16)7-15-9)19-8-10-3-5-11(18-2)6-4-10/h3-7,16H,8H2,1-2H3,(H,15,17). The minimum absolute atomic E-state index is 0.135. The van der Waals surface area contributed by atoms with Crippen molar-refractivity contribution in [2.45, 2.75) is 13.5 Å². The van der Waals surface area contributed by atoms with Gasteiger partial charge in [0, 0.05) is 6.20 Å². The highest BCUT2D eigenvalue weighted by Gasteiger charge is 2.09. The van der Waals surface area contributed by atoms with Crippen molar-refractivity contribution in [3.05, 3.63) is 51.9 Å². The van der Waals surface area contributed by atoms with Crippen LogP contribution in [-0.4, -0.2) is 17.2 Å². The second-order valence-electron chi connectivity index (χ2n) is 4.09. The maximum atomic E-state index is 11.7. The molecule has 0 aliphatic carbocycles. The van der Waals surface area contributed by atoms with Crippen molar-refractivity contribution in [1.82, 2.24) is 4.98 Å². The average molecular weight is 261 g/mol. The number of hydrogen-bond acceptors (Lipinski definition) is 4. The molecule has 0 atom stereocenters. The molecule has 0 unspecified atom stereocenters. The fraction of sp³-hybridized carbons (Fsp3) is 0.214. The molecule has 0 saturated carbocycles. The molecule has 0 radical (unpaired) electrons. The van der Waals surface area contributed by atoms with E-state index in [9.17, 15) is 9.90 Å². The Hall–Kier alpha value is -2.43. The van der Waals surface area contributed by atoms with E-state index < -0.39 is 5.43 Å². The van der Waals surface area contributed by atoms with Gasteiger partial charge in [0.1, 0.15) is 12.4 Å². The molecule has 1 heterocycles. The second kappa shape index (κ2) is 5.48. The van der Waals surface area contributed by atoms with Crippen LogP contribution in [0.2, 0.25) is 0 Å². The molecule has 100 valence electrons. The van der Waals surface area contributed by atoms with Gasteiger partial charge in [-0.25, -0.2) is 0 Å². The summed E-state index contributed by atoms with van der Waals surface area (Å²) in [5, 5.41) is 9.35. The highest BCUT2D eigenvalue weighted by molar-refractivity contribution is 5.34. The number of pyridine rings is 1. The first-order chi connectivity index (χ1) is 9.11. The molecule has 1 aromatic heterocycles. The SMILES string of the molecule is COc1ccc(COc2c(C)[nH]cc(O)c2=O)cc1. The number of benzene rings is 1. The predicted octanol–water partition coefficient (Wildman–Crippen LogP) is 1.98. The molecule has 0 fully saturated rings. The highest BCUT2D eigenvalue weighted by atomic mass is 16.5. The van der Waals surface area contributed by atoms with Crippen molar-refractivity contribution in [3.8, 4) is 17.2 Å². The molecule has 0 aliphatic rings. The number of nitrogens with one attached hydrogen (secondary N) is 1. The fourth-order valence-corrected chi connectivity index (χ4v) is 1.65. The van der Waals surface area contributed by atoms with E-state index in [1.54, 1.807) is 14.0 Å². The summed E-state index contributed by atoms with van der Waals surface area (Å²) in [5.41, 5.74) is 0.976. The summed E-state index contributed by atoms with van der Waals surface area (Å²) in [6.07, 6.45) is 1.25. The third kappa shape index (κ3) is 2.88. The zero-order valence-electron chi connectivity index (χ0n) is 10.8. The van der Waals surface area contributed by atoms with Crippen LogP contribution in [0.5, 0.6) is 17.2 Å². The zero-order chi connectivity index (χ0) is 13.8. The quantitative estimate of drug-likeness (QED) is 0.882. The van der Waals surface area contributed by atoms with Crippen molar-refractivity contribution < 1.29 is 14.6 Å². The normalized spacial score (nSPS) is 10.2. The third-order valence-corrected chi connectivity index (χ3v) is 2.75. The maximum Gasteiger partial charge on any atom is 0.265 e. The first-order valence-electron chi connectivity index (χ1n) is 5.79. The van der Waals surface area contributed by atoms with Gasteiger partial charge in [-0.05, 0) is 24.6 Å². The van der Waals surface area contributed by atoms with E-state index in [4.69, 9.17) is 9.47 Å². The Balaban J connectivity index is 2.14. The second-order valence-corrected chi connectivity index (χ2v) is 4.09. The number of aromatic nitrogens is 1. The lowest BCUT2D eigenvalue weighted by molar-refractivity contribution is 0.296. The summed E-state index contributed by atoms with van der Waals surface area (Å²) >= 11 is 0. The molecule has 2 aromatic rings. The van der Waals surface area contributed by atoms with Gasteiger partial charge in [0.2, 0.25) is 0 Å². The molecule has 2 N–H and O–H groups in total. The van der Waals surface area contributed by atoms with Crippen LogP contribution in [0.3, 0.4) is 0 Å². The van der Waals surface area contributed by atoms with Gasteiger partial charge in [0.15, 0.2) is 11.5 Å². The van der Waals surface area contributed by atoms with Gasteiger partial charge in [-0.2, -0.15) is 0 Å². The minimum atomic E-state index is -0.509. The predicted molar refractivity (Wildman–Crippen MR) is 70.8 cm³/mol. The van der Waals surface area contributed by atoms with E-state index in [2.05, 4.69) is 4.98 Å². The van der Waals surface area contributed by atoms with Crippen LogP contribution in [0.15, 0.2) is 35.3 Å². The lowest BCUT2D eigenvalue weighted by atomic mass is 10.2. The number of ether oxygens (including phenoxy) is 2. The Bertz CT molecular complexity index is 616. The molecular formula is C14H15NO4. The Labute approximate surface area is 110 Å². The van der Waals surface area contributed by atoms with E-state index in [1.807, 2.05) is 24.3 Å². The lowest BCUT2D eigenvalue weighted by Gasteiger charge is -2.09. The maximum absolute atomic E-state index is 11.7. The summed E-state index contributed by atoms with van der Waals surface area (Å²) in [4.78, 5) is 14.5. The van der Waals surface area contributed by atoms with E-state index in [1.165, 1.54) is 6.20 Å². The molecular weight excluding hydrogens is 246 g/mol. The Morgan fingerprint density at radius 1 is 1.26 bits per heavy atom. The summed E-state index contributed by atoms with van der Waals surface area (Å²) in [6.45, 7) is 1.96. The fourth-order valence-electron chi connectivity index (χ4n) is 1.65. The van der Waals surface area contributed by atoms with Gasteiger partial charge < -0.3 is 19.6 Å². The Morgan fingerprint density at radius 2 is 1.95 bits per heavy atom. The van der Waals surface area contributed by atoms with E-state index in [0.717, 1.165) is 11.3 Å². The smallest absolute Gasteiger partial charge is 0.265 e. The number of H-pyrrole nitrogens is 1. The lowest BCUT2D eigenvalue weighted by Crippen LogP contribution is -2.10. The Morgan fingerprint density at radius 3 is 2.58 bits per heavy atom. The first kappa shape index (κ1) is 13.0. The third-order valence-electron chi connectivity index (χ3n) is 2.75. The van der Waals surface area contributed by atoms with Crippen LogP contribution in [-0.2, 0) is 6.61 Å². The number of aromatic hydroxyl groups is 1. The van der Waals surface area contributed by atoms with Crippen LogP contribution in [0.4, 0.5) is 0 Å². The number of aryl methyl sites for hydroxylation is 1. The van der Waals surface area contributed by atoms with Crippen LogP contribution >= 0.6 is 0 Å². The van der Waals surface area contributed by atoms with Crippen LogP contribution < -0.4 is 14.9 Å². The van der Waals surface area contributed by atoms with Gasteiger partial charge in [0.05, 0.1) is 12.8 Å². The minimum Gasteiger partial charge on any atom is -0.503 e. The topological polar surface area (TPSA) is 71.6 Å². The summed E-state index contributed by atoms with van der Waals surface area (Å²) in [7, 11) is 1.60. The largest absolute Gasteiger partial charge is 0.503 e. The zero-order valence-corrected chi connectivity index (χ0v) is 10.8. The van der Waals surface area contributed by atoms with Gasteiger partial charge in [-0.15, -0.1) is 0 Å². The van der Waals surface area contributed by atoms with Gasteiger partial charge in [-0.3, -0.25) is 4.79 Å². The van der Waals surface area contributed by atoms with Crippen LogP contribution in [0, 0.1) is 6.92 Å².